The number of nitrogens with zero attached hydrogens (tertiary/aromatic N) is 1. The molecule has 0 unspecified atom stereocenters. The number of nitrogens with one attached hydrogen (secondary N) is 1. The summed E-state index contributed by atoms with van der Waals surface area (Å²) in [7, 11) is 0. The lowest BCUT2D eigenvalue weighted by molar-refractivity contribution is 0.601. The van der Waals surface area contributed by atoms with Crippen molar-refractivity contribution in [1.82, 2.24) is 9.88 Å². The average Bonchev–Trinajstić information content (AvgIpc) is 3.00. The summed E-state index contributed by atoms with van der Waals surface area (Å²) in [6, 6.07) is 19.4. The van der Waals surface area contributed by atoms with Crippen molar-refractivity contribution in [2.45, 2.75) is 25.9 Å². The van der Waals surface area contributed by atoms with Gasteiger partial charge in [-0.1, -0.05) is 48.9 Å². The fourth-order valence-corrected chi connectivity index (χ4v) is 3.58. The van der Waals surface area contributed by atoms with E-state index < -0.39 is 0 Å². The zero-order valence-electron chi connectivity index (χ0n) is 13.1. The largest absolute Gasteiger partial charge is 0.319 e. The Bertz CT molecular complexity index is 833. The van der Waals surface area contributed by atoms with Crippen LogP contribution >= 0.6 is 11.6 Å². The Kier molecular flexibility index (Phi) is 3.72. The van der Waals surface area contributed by atoms with Gasteiger partial charge < -0.3 is 9.88 Å². The SMILES string of the molecule is CCc1ccc([C@H]2NCc3c(Cl)cccc3-n3cccc32)cc1. The highest BCUT2D eigenvalue weighted by Crippen LogP contribution is 2.33. The number of rotatable bonds is 2. The predicted molar refractivity (Wildman–Crippen MR) is 95.3 cm³/mol. The van der Waals surface area contributed by atoms with Crippen molar-refractivity contribution in [2.75, 3.05) is 0 Å². The van der Waals surface area contributed by atoms with Crippen molar-refractivity contribution in [3.63, 3.8) is 0 Å². The maximum Gasteiger partial charge on any atom is 0.0737 e. The molecule has 0 radical (unpaired) electrons. The minimum atomic E-state index is 0.166. The van der Waals surface area contributed by atoms with E-state index in [1.54, 1.807) is 0 Å². The molecule has 2 aromatic carbocycles. The Hall–Kier alpha value is -2.03. The van der Waals surface area contributed by atoms with Crippen molar-refractivity contribution in [3.8, 4) is 5.69 Å². The van der Waals surface area contributed by atoms with E-state index in [0.717, 1.165) is 29.2 Å². The summed E-state index contributed by atoms with van der Waals surface area (Å²) in [6.45, 7) is 2.94. The molecule has 0 saturated carbocycles. The van der Waals surface area contributed by atoms with Gasteiger partial charge in [0, 0.05) is 29.0 Å². The first-order chi connectivity index (χ1) is 11.3. The van der Waals surface area contributed by atoms with Crippen LogP contribution in [0.5, 0.6) is 0 Å². The maximum atomic E-state index is 6.43. The van der Waals surface area contributed by atoms with Crippen LogP contribution in [0.2, 0.25) is 5.02 Å². The maximum absolute atomic E-state index is 6.43. The summed E-state index contributed by atoms with van der Waals surface area (Å²) < 4.78 is 2.25. The van der Waals surface area contributed by atoms with Crippen molar-refractivity contribution in [2.24, 2.45) is 0 Å². The van der Waals surface area contributed by atoms with Gasteiger partial charge in [-0.2, -0.15) is 0 Å². The van der Waals surface area contributed by atoms with E-state index in [2.05, 4.69) is 65.5 Å². The molecule has 0 aliphatic carbocycles. The number of halogens is 1. The molecule has 1 atom stereocenters. The molecule has 0 spiro atoms. The molecule has 3 aromatic rings. The molecule has 0 amide bonds. The number of hydrogen-bond donors (Lipinski definition) is 1. The molecule has 116 valence electrons. The van der Waals surface area contributed by atoms with Gasteiger partial charge in [0.25, 0.3) is 0 Å². The molecule has 1 N–H and O–H groups in total. The van der Waals surface area contributed by atoms with Crippen molar-refractivity contribution >= 4 is 11.6 Å². The minimum Gasteiger partial charge on any atom is -0.319 e. The molecule has 2 heterocycles. The number of fused-ring (bicyclic) bond motifs is 3. The summed E-state index contributed by atoms with van der Waals surface area (Å²) in [4.78, 5) is 0. The lowest BCUT2D eigenvalue weighted by Crippen LogP contribution is -2.21. The molecule has 4 rings (SSSR count). The van der Waals surface area contributed by atoms with Gasteiger partial charge in [-0.05, 0) is 41.8 Å². The van der Waals surface area contributed by atoms with Crippen LogP contribution in [0.15, 0.2) is 60.8 Å². The number of benzene rings is 2. The Labute approximate surface area is 141 Å². The Balaban J connectivity index is 1.82. The molecular formula is C20H19ClN2. The molecular weight excluding hydrogens is 304 g/mol. The lowest BCUT2D eigenvalue weighted by Gasteiger charge is -2.18. The third-order valence-corrected chi connectivity index (χ3v) is 4.99. The number of aryl methyl sites for hydroxylation is 1. The summed E-state index contributed by atoms with van der Waals surface area (Å²) in [5, 5.41) is 4.49. The predicted octanol–water partition coefficient (Wildman–Crippen LogP) is 4.89. The molecule has 0 fully saturated rings. The second-order valence-corrected chi connectivity index (χ2v) is 6.36. The first-order valence-electron chi connectivity index (χ1n) is 8.05. The van der Waals surface area contributed by atoms with Crippen LogP contribution in [-0.4, -0.2) is 4.57 Å². The van der Waals surface area contributed by atoms with E-state index in [9.17, 15) is 0 Å². The van der Waals surface area contributed by atoms with Gasteiger partial charge in [-0.3, -0.25) is 0 Å². The zero-order valence-corrected chi connectivity index (χ0v) is 13.8. The third-order valence-electron chi connectivity index (χ3n) is 4.63. The summed E-state index contributed by atoms with van der Waals surface area (Å²) in [5.41, 5.74) is 6.21. The van der Waals surface area contributed by atoms with Crippen molar-refractivity contribution in [1.29, 1.82) is 0 Å². The zero-order chi connectivity index (χ0) is 15.8. The van der Waals surface area contributed by atoms with E-state index in [-0.39, 0.29) is 6.04 Å². The van der Waals surface area contributed by atoms with Gasteiger partial charge in [0.1, 0.15) is 0 Å². The normalized spacial score (nSPS) is 16.5. The fraction of sp³-hybridized carbons (Fsp3) is 0.200. The quantitative estimate of drug-likeness (QED) is 0.711. The van der Waals surface area contributed by atoms with E-state index in [4.69, 9.17) is 11.6 Å². The molecule has 23 heavy (non-hydrogen) atoms. The van der Waals surface area contributed by atoms with Crippen LogP contribution in [0, 0.1) is 0 Å². The standard InChI is InChI=1S/C20H19ClN2/c1-2-14-8-10-15(11-9-14)20-19-7-4-12-23(19)18-6-3-5-17(21)16(18)13-22-20/h3-12,20,22H,2,13H2,1H3/t20-/m1/s1. The van der Waals surface area contributed by atoms with Crippen LogP contribution in [-0.2, 0) is 13.0 Å². The Morgan fingerprint density at radius 3 is 2.70 bits per heavy atom. The van der Waals surface area contributed by atoms with Gasteiger partial charge >= 0.3 is 0 Å². The second kappa shape index (κ2) is 5.88. The molecule has 2 nitrogen and oxygen atoms in total. The molecule has 0 saturated heterocycles. The highest BCUT2D eigenvalue weighted by atomic mass is 35.5. The molecule has 3 heteroatoms. The van der Waals surface area contributed by atoms with Gasteiger partial charge in [0.15, 0.2) is 0 Å². The topological polar surface area (TPSA) is 17.0 Å². The van der Waals surface area contributed by atoms with Crippen LogP contribution in [0.3, 0.4) is 0 Å². The molecule has 0 bridgehead atoms. The lowest BCUT2D eigenvalue weighted by atomic mass is 10.0. The molecule has 1 aromatic heterocycles. The van der Waals surface area contributed by atoms with Crippen LogP contribution in [0.1, 0.15) is 35.3 Å². The average molecular weight is 323 g/mol. The monoisotopic (exact) mass is 322 g/mol. The number of hydrogen-bond acceptors (Lipinski definition) is 1. The first kappa shape index (κ1) is 14.6. The van der Waals surface area contributed by atoms with Gasteiger partial charge in [-0.15, -0.1) is 0 Å². The van der Waals surface area contributed by atoms with E-state index >= 15 is 0 Å². The minimum absolute atomic E-state index is 0.166. The van der Waals surface area contributed by atoms with Gasteiger partial charge in [-0.25, -0.2) is 0 Å². The third kappa shape index (κ3) is 2.48. The van der Waals surface area contributed by atoms with Crippen molar-refractivity contribution in [3.05, 3.63) is 88.2 Å². The van der Waals surface area contributed by atoms with Gasteiger partial charge in [0.2, 0.25) is 0 Å². The first-order valence-corrected chi connectivity index (χ1v) is 8.43. The van der Waals surface area contributed by atoms with Crippen LogP contribution < -0.4 is 5.32 Å². The highest BCUT2D eigenvalue weighted by molar-refractivity contribution is 6.31. The summed E-state index contributed by atoms with van der Waals surface area (Å²) >= 11 is 6.43. The van der Waals surface area contributed by atoms with E-state index in [1.165, 1.54) is 16.8 Å². The Morgan fingerprint density at radius 1 is 1.09 bits per heavy atom. The van der Waals surface area contributed by atoms with Crippen LogP contribution in [0.25, 0.3) is 5.69 Å². The summed E-state index contributed by atoms with van der Waals surface area (Å²) in [6.07, 6.45) is 3.18. The Morgan fingerprint density at radius 2 is 1.91 bits per heavy atom. The molecule has 1 aliphatic heterocycles. The summed E-state index contributed by atoms with van der Waals surface area (Å²) in [5.74, 6) is 0. The van der Waals surface area contributed by atoms with Crippen molar-refractivity contribution < 1.29 is 0 Å². The van der Waals surface area contributed by atoms with Gasteiger partial charge in [0.05, 0.1) is 11.7 Å². The fourth-order valence-electron chi connectivity index (χ4n) is 3.34. The molecule has 1 aliphatic rings. The number of aromatic nitrogens is 1. The van der Waals surface area contributed by atoms with E-state index in [0.29, 0.717) is 0 Å². The smallest absolute Gasteiger partial charge is 0.0737 e. The second-order valence-electron chi connectivity index (χ2n) is 5.95. The van der Waals surface area contributed by atoms with E-state index in [1.807, 2.05) is 12.1 Å². The highest BCUT2D eigenvalue weighted by Gasteiger charge is 2.23. The van der Waals surface area contributed by atoms with Crippen LogP contribution in [0.4, 0.5) is 0 Å².